The fourth-order valence-electron chi connectivity index (χ4n) is 1.64. The molecule has 20 heavy (non-hydrogen) atoms. The lowest BCUT2D eigenvalue weighted by atomic mass is 10.2. The first-order valence-electron chi connectivity index (χ1n) is 6.22. The van der Waals surface area contributed by atoms with Crippen molar-refractivity contribution in [1.82, 2.24) is 10.3 Å². The van der Waals surface area contributed by atoms with E-state index in [0.717, 1.165) is 15.8 Å². The normalized spacial score (nSPS) is 10.2. The number of hydrogen-bond donors (Lipinski definition) is 1. The minimum atomic E-state index is 0.0499. The highest BCUT2D eigenvalue weighted by Crippen LogP contribution is 2.16. The van der Waals surface area contributed by atoms with E-state index >= 15 is 0 Å². The van der Waals surface area contributed by atoms with Gasteiger partial charge in [0.15, 0.2) is 0 Å². The molecule has 0 aliphatic rings. The summed E-state index contributed by atoms with van der Waals surface area (Å²) in [6, 6.07) is 11.9. The molecule has 0 aliphatic carbocycles. The summed E-state index contributed by atoms with van der Waals surface area (Å²) in [5, 5.41) is 2.89. The zero-order chi connectivity index (χ0) is 14.2. The van der Waals surface area contributed by atoms with Crippen molar-refractivity contribution in [2.45, 2.75) is 12.3 Å². The number of hydrogen-bond acceptors (Lipinski definition) is 3. The lowest BCUT2D eigenvalue weighted by Gasteiger charge is -2.05. The fraction of sp³-hybridized carbons (Fsp3) is 0.200. The van der Waals surface area contributed by atoms with E-state index in [2.05, 4.69) is 38.4 Å². The third-order valence-electron chi connectivity index (χ3n) is 2.60. The number of halogens is 1. The fourth-order valence-corrected chi connectivity index (χ4v) is 2.89. The Labute approximate surface area is 131 Å². The predicted molar refractivity (Wildman–Crippen MR) is 86.4 cm³/mol. The van der Waals surface area contributed by atoms with Gasteiger partial charge in [-0.15, -0.1) is 11.8 Å². The molecule has 1 amide bonds. The van der Waals surface area contributed by atoms with Crippen molar-refractivity contribution in [2.75, 3.05) is 5.75 Å². The highest BCUT2D eigenvalue weighted by molar-refractivity contribution is 9.10. The molecular weight excluding hydrogens is 336 g/mol. The predicted octanol–water partition coefficient (Wildman–Crippen LogP) is 3.39. The maximum atomic E-state index is 11.7. The molecule has 0 bridgehead atoms. The van der Waals surface area contributed by atoms with E-state index in [9.17, 15) is 4.79 Å². The number of benzene rings is 1. The lowest BCUT2D eigenvalue weighted by molar-refractivity contribution is -0.118. The van der Waals surface area contributed by atoms with E-state index in [0.29, 0.717) is 12.3 Å². The van der Waals surface area contributed by atoms with Gasteiger partial charge >= 0.3 is 0 Å². The van der Waals surface area contributed by atoms with Gasteiger partial charge in [-0.25, -0.2) is 0 Å². The second-order valence-corrected chi connectivity index (χ2v) is 6.16. The van der Waals surface area contributed by atoms with Crippen LogP contribution in [-0.2, 0) is 17.1 Å². The van der Waals surface area contributed by atoms with Gasteiger partial charge in [-0.2, -0.15) is 0 Å². The van der Waals surface area contributed by atoms with Gasteiger partial charge in [0.05, 0.1) is 5.75 Å². The van der Waals surface area contributed by atoms with Crippen LogP contribution in [0.25, 0.3) is 0 Å². The zero-order valence-electron chi connectivity index (χ0n) is 10.9. The molecule has 0 saturated heterocycles. The molecule has 1 N–H and O–H groups in total. The smallest absolute Gasteiger partial charge is 0.230 e. The van der Waals surface area contributed by atoms with Gasteiger partial charge < -0.3 is 5.32 Å². The first-order valence-corrected chi connectivity index (χ1v) is 8.16. The molecule has 1 aromatic carbocycles. The third kappa shape index (κ3) is 5.35. The van der Waals surface area contributed by atoms with E-state index < -0.39 is 0 Å². The number of amides is 1. The molecule has 1 aromatic heterocycles. The summed E-state index contributed by atoms with van der Waals surface area (Å²) >= 11 is 5.05. The number of carbonyl (C=O) groups excluding carboxylic acids is 1. The molecule has 1 heterocycles. The van der Waals surface area contributed by atoms with Gasteiger partial charge in [0.2, 0.25) is 5.91 Å². The average Bonchev–Trinajstić information content (AvgIpc) is 2.46. The van der Waals surface area contributed by atoms with Crippen LogP contribution in [0.1, 0.15) is 11.1 Å². The summed E-state index contributed by atoms with van der Waals surface area (Å²) in [6.45, 7) is 0.532. The first-order chi connectivity index (χ1) is 9.74. The van der Waals surface area contributed by atoms with Gasteiger partial charge in [-0.1, -0.05) is 34.1 Å². The number of nitrogens with one attached hydrogen (secondary N) is 1. The van der Waals surface area contributed by atoms with Crippen molar-refractivity contribution >= 4 is 33.6 Å². The van der Waals surface area contributed by atoms with E-state index in [1.165, 1.54) is 5.56 Å². The van der Waals surface area contributed by atoms with Gasteiger partial charge in [-0.3, -0.25) is 9.78 Å². The van der Waals surface area contributed by atoms with E-state index in [-0.39, 0.29) is 5.91 Å². The molecule has 104 valence electrons. The Kier molecular flexibility index (Phi) is 6.08. The molecule has 0 aliphatic heterocycles. The van der Waals surface area contributed by atoms with Crippen LogP contribution in [0.4, 0.5) is 0 Å². The van der Waals surface area contributed by atoms with Crippen LogP contribution in [0.5, 0.6) is 0 Å². The molecule has 2 rings (SSSR count). The molecule has 0 saturated carbocycles. The summed E-state index contributed by atoms with van der Waals surface area (Å²) in [6.07, 6.45) is 3.48. The van der Waals surface area contributed by atoms with Crippen molar-refractivity contribution < 1.29 is 4.79 Å². The number of thioether (sulfide) groups is 1. The molecule has 2 aromatic rings. The Bertz CT molecular complexity index is 563. The van der Waals surface area contributed by atoms with Crippen LogP contribution in [-0.4, -0.2) is 16.6 Å². The number of pyridine rings is 1. The zero-order valence-corrected chi connectivity index (χ0v) is 13.3. The van der Waals surface area contributed by atoms with Gasteiger partial charge in [0.25, 0.3) is 0 Å². The second-order valence-electron chi connectivity index (χ2n) is 4.26. The molecule has 5 heteroatoms. The Balaban J connectivity index is 1.68. The maximum absolute atomic E-state index is 11.7. The SMILES string of the molecule is O=C(CSCc1cccc(Br)c1)NCc1cccnc1. The molecular formula is C15H15BrN2OS. The van der Waals surface area contributed by atoms with Crippen LogP contribution in [0.2, 0.25) is 0 Å². The van der Waals surface area contributed by atoms with Crippen LogP contribution in [0.3, 0.4) is 0 Å². The van der Waals surface area contributed by atoms with Gasteiger partial charge in [0, 0.05) is 29.2 Å². The number of aromatic nitrogens is 1. The summed E-state index contributed by atoms with van der Waals surface area (Å²) in [7, 11) is 0. The highest BCUT2D eigenvalue weighted by Gasteiger charge is 2.02. The number of rotatable bonds is 6. The molecule has 3 nitrogen and oxygen atoms in total. The Morgan fingerprint density at radius 3 is 2.85 bits per heavy atom. The lowest BCUT2D eigenvalue weighted by Crippen LogP contribution is -2.24. The van der Waals surface area contributed by atoms with Crippen LogP contribution in [0, 0.1) is 0 Å². The van der Waals surface area contributed by atoms with Crippen molar-refractivity contribution in [3.8, 4) is 0 Å². The van der Waals surface area contributed by atoms with Gasteiger partial charge in [0.1, 0.15) is 0 Å². The van der Waals surface area contributed by atoms with Crippen LogP contribution < -0.4 is 5.32 Å². The van der Waals surface area contributed by atoms with Crippen LogP contribution >= 0.6 is 27.7 Å². The largest absolute Gasteiger partial charge is 0.351 e. The summed E-state index contributed by atoms with van der Waals surface area (Å²) < 4.78 is 1.07. The van der Waals surface area contributed by atoms with Crippen LogP contribution in [0.15, 0.2) is 53.3 Å². The van der Waals surface area contributed by atoms with Crippen molar-refractivity contribution in [2.24, 2.45) is 0 Å². The topological polar surface area (TPSA) is 42.0 Å². The Hall–Kier alpha value is -1.33. The monoisotopic (exact) mass is 350 g/mol. The van der Waals surface area contributed by atoms with Crippen molar-refractivity contribution in [1.29, 1.82) is 0 Å². The standard InChI is InChI=1S/C15H15BrN2OS/c16-14-5-1-3-12(7-14)10-20-11-15(19)18-9-13-4-2-6-17-8-13/h1-8H,9-11H2,(H,18,19). The highest BCUT2D eigenvalue weighted by atomic mass is 79.9. The van der Waals surface area contributed by atoms with Gasteiger partial charge in [-0.05, 0) is 29.3 Å². The summed E-state index contributed by atoms with van der Waals surface area (Å²) in [5.74, 6) is 1.35. The summed E-state index contributed by atoms with van der Waals surface area (Å²) in [4.78, 5) is 15.7. The van der Waals surface area contributed by atoms with Crippen molar-refractivity contribution in [3.63, 3.8) is 0 Å². The second kappa shape index (κ2) is 8.07. The molecule has 0 fully saturated rings. The Morgan fingerprint density at radius 2 is 2.10 bits per heavy atom. The minimum Gasteiger partial charge on any atom is -0.351 e. The summed E-state index contributed by atoms with van der Waals surface area (Å²) in [5.41, 5.74) is 2.22. The number of carbonyl (C=O) groups is 1. The van der Waals surface area contributed by atoms with Crippen molar-refractivity contribution in [3.05, 3.63) is 64.4 Å². The first kappa shape index (κ1) is 15.1. The van der Waals surface area contributed by atoms with E-state index in [1.807, 2.05) is 24.3 Å². The Morgan fingerprint density at radius 1 is 1.25 bits per heavy atom. The third-order valence-corrected chi connectivity index (χ3v) is 4.10. The van der Waals surface area contributed by atoms with E-state index in [4.69, 9.17) is 0 Å². The van der Waals surface area contributed by atoms with E-state index in [1.54, 1.807) is 24.2 Å². The quantitative estimate of drug-likeness (QED) is 0.867. The number of nitrogens with zero attached hydrogens (tertiary/aromatic N) is 1. The molecule has 0 atom stereocenters. The maximum Gasteiger partial charge on any atom is 0.230 e. The molecule has 0 radical (unpaired) electrons. The minimum absolute atomic E-state index is 0.0499. The average molecular weight is 351 g/mol. The molecule has 0 unspecified atom stereocenters. The molecule has 0 spiro atoms.